The van der Waals surface area contributed by atoms with Crippen molar-refractivity contribution < 1.29 is 13.4 Å². The van der Waals surface area contributed by atoms with Crippen molar-refractivity contribution in [3.8, 4) is 22.4 Å². The molecule has 3 nitrogen and oxygen atoms in total. The van der Waals surface area contributed by atoms with Crippen LogP contribution in [0.2, 0.25) is 0 Å². The Balaban J connectivity index is 1.70. The van der Waals surface area contributed by atoms with Crippen molar-refractivity contribution in [1.82, 2.24) is 4.98 Å². The zero-order valence-corrected chi connectivity index (χ0v) is 17.8. The molecule has 0 radical (unpaired) electrons. The third-order valence-corrected chi connectivity index (χ3v) is 6.21. The average molecular weight is 419 g/mol. The molecule has 32 heavy (non-hydrogen) atoms. The summed E-state index contributed by atoms with van der Waals surface area (Å²) in [6, 6.07) is 21.6. The highest BCUT2D eigenvalue weighted by Crippen LogP contribution is 2.41. The van der Waals surface area contributed by atoms with Crippen LogP contribution in [0.25, 0.3) is 55.1 Å². The Morgan fingerprint density at radius 1 is 0.844 bits per heavy atom. The molecule has 2 aromatic heterocycles. The summed E-state index contributed by atoms with van der Waals surface area (Å²) in [7, 11) is 1.98. The van der Waals surface area contributed by atoms with E-state index in [4.69, 9.17) is 4.42 Å². The number of aromatic nitrogens is 2. The van der Waals surface area contributed by atoms with Crippen LogP contribution in [0.3, 0.4) is 0 Å². The van der Waals surface area contributed by atoms with Gasteiger partial charge in [-0.25, -0.2) is 4.39 Å². The van der Waals surface area contributed by atoms with Crippen LogP contribution in [-0.2, 0) is 7.05 Å². The molecule has 0 aliphatic carbocycles. The second kappa shape index (κ2) is 6.99. The van der Waals surface area contributed by atoms with Gasteiger partial charge < -0.3 is 4.42 Å². The maximum Gasteiger partial charge on any atom is 0.234 e. The second-order valence-corrected chi connectivity index (χ2v) is 8.17. The van der Waals surface area contributed by atoms with Gasteiger partial charge in [-0.15, -0.1) is 0 Å². The van der Waals surface area contributed by atoms with Crippen LogP contribution in [-0.4, -0.2) is 4.98 Å². The molecule has 0 amide bonds. The Bertz CT molecular complexity index is 1670. The van der Waals surface area contributed by atoms with Gasteiger partial charge in [-0.1, -0.05) is 48.5 Å². The van der Waals surface area contributed by atoms with Gasteiger partial charge in [-0.2, -0.15) is 4.57 Å². The normalized spacial score (nSPS) is 11.6. The molecular weight excluding hydrogens is 399 g/mol. The number of hydrogen-bond acceptors (Lipinski definition) is 2. The highest BCUT2D eigenvalue weighted by Gasteiger charge is 2.23. The Hall–Kier alpha value is -4.05. The van der Waals surface area contributed by atoms with E-state index in [1.807, 2.05) is 66.5 Å². The van der Waals surface area contributed by atoms with Crippen LogP contribution in [0.1, 0.15) is 5.56 Å². The van der Waals surface area contributed by atoms with Crippen molar-refractivity contribution in [2.75, 3.05) is 0 Å². The van der Waals surface area contributed by atoms with E-state index in [2.05, 4.69) is 30.1 Å². The van der Waals surface area contributed by atoms with Gasteiger partial charge in [0, 0.05) is 10.8 Å². The lowest BCUT2D eigenvalue weighted by Gasteiger charge is -2.06. The number of nitrogens with zero attached hydrogens (tertiary/aromatic N) is 2. The van der Waals surface area contributed by atoms with Crippen molar-refractivity contribution in [2.24, 2.45) is 7.05 Å². The number of hydrogen-bond donors (Lipinski definition) is 0. The smallest absolute Gasteiger partial charge is 0.234 e. The van der Waals surface area contributed by atoms with Crippen LogP contribution in [0.15, 0.2) is 89.7 Å². The van der Waals surface area contributed by atoms with Crippen LogP contribution in [0, 0.1) is 12.7 Å². The number of fused-ring (bicyclic) bond motifs is 4. The van der Waals surface area contributed by atoms with Gasteiger partial charge in [0.2, 0.25) is 5.69 Å². The molecule has 2 heterocycles. The summed E-state index contributed by atoms with van der Waals surface area (Å²) in [5, 5.41) is 4.05. The molecule has 0 aliphatic heterocycles. The largest absolute Gasteiger partial charge is 0.454 e. The van der Waals surface area contributed by atoms with E-state index in [1.165, 1.54) is 6.07 Å². The second-order valence-electron chi connectivity index (χ2n) is 8.17. The minimum atomic E-state index is -0.294. The lowest BCUT2D eigenvalue weighted by molar-refractivity contribution is -0.660. The molecule has 0 spiro atoms. The van der Waals surface area contributed by atoms with Crippen molar-refractivity contribution in [3.05, 3.63) is 96.7 Å². The Kier molecular flexibility index (Phi) is 4.08. The van der Waals surface area contributed by atoms with Crippen LogP contribution < -0.4 is 4.57 Å². The van der Waals surface area contributed by atoms with Crippen LogP contribution in [0.4, 0.5) is 4.39 Å². The summed E-state index contributed by atoms with van der Waals surface area (Å²) in [6.07, 6.45) is 5.50. The summed E-state index contributed by atoms with van der Waals surface area (Å²) in [6.45, 7) is 2.06. The fourth-order valence-electron chi connectivity index (χ4n) is 4.57. The van der Waals surface area contributed by atoms with Gasteiger partial charge in [0.1, 0.15) is 24.0 Å². The highest BCUT2D eigenvalue weighted by molar-refractivity contribution is 6.13. The summed E-state index contributed by atoms with van der Waals surface area (Å²) in [5.74, 6) is -0.294. The maximum absolute atomic E-state index is 15.2. The third-order valence-electron chi connectivity index (χ3n) is 6.21. The molecule has 0 N–H and O–H groups in total. The van der Waals surface area contributed by atoms with E-state index in [0.29, 0.717) is 11.1 Å². The quantitative estimate of drug-likeness (QED) is 0.291. The lowest BCUT2D eigenvalue weighted by Crippen LogP contribution is -2.30. The molecule has 0 fully saturated rings. The van der Waals surface area contributed by atoms with E-state index in [1.54, 1.807) is 6.20 Å². The minimum Gasteiger partial charge on any atom is -0.454 e. The number of benzene rings is 4. The van der Waals surface area contributed by atoms with Crippen molar-refractivity contribution in [2.45, 2.75) is 6.92 Å². The van der Waals surface area contributed by atoms with Crippen molar-refractivity contribution >= 4 is 32.7 Å². The average Bonchev–Trinajstić information content (AvgIpc) is 3.17. The van der Waals surface area contributed by atoms with E-state index < -0.39 is 0 Å². The fraction of sp³-hybridized carbons (Fsp3) is 0.0714. The number of halogens is 1. The third kappa shape index (κ3) is 2.73. The van der Waals surface area contributed by atoms with Gasteiger partial charge in [0.25, 0.3) is 0 Å². The first kappa shape index (κ1) is 18.7. The number of rotatable bonds is 2. The van der Waals surface area contributed by atoms with E-state index >= 15 is 4.39 Å². The highest BCUT2D eigenvalue weighted by atomic mass is 19.1. The summed E-state index contributed by atoms with van der Waals surface area (Å²) < 4.78 is 23.7. The molecule has 6 rings (SSSR count). The standard InChI is InChI=1S/C28H20FN2O/c1-17-7-10-21-22-11-12-23(29)26(20-9-8-18-5-3-4-6-19(18)15-20)28(22)32-27(21)25(17)24-16-30-13-14-31(24)2/h3-16H,1-2H3/q+1. The molecule has 0 saturated carbocycles. The number of furan rings is 1. The molecule has 0 unspecified atom stereocenters. The predicted molar refractivity (Wildman–Crippen MR) is 126 cm³/mol. The molecule has 0 atom stereocenters. The van der Waals surface area contributed by atoms with Gasteiger partial charge >= 0.3 is 0 Å². The van der Waals surface area contributed by atoms with Gasteiger partial charge in [0.15, 0.2) is 6.20 Å². The molecule has 6 aromatic rings. The predicted octanol–water partition coefficient (Wildman–Crippen LogP) is 6.74. The molecule has 4 aromatic carbocycles. The molecule has 154 valence electrons. The number of aryl methyl sites for hydroxylation is 2. The first-order valence-electron chi connectivity index (χ1n) is 10.6. The Morgan fingerprint density at radius 3 is 2.41 bits per heavy atom. The topological polar surface area (TPSA) is 29.9 Å². The lowest BCUT2D eigenvalue weighted by atomic mass is 9.97. The van der Waals surface area contributed by atoms with Crippen LogP contribution >= 0.6 is 0 Å². The van der Waals surface area contributed by atoms with E-state index in [-0.39, 0.29) is 5.82 Å². The first-order chi connectivity index (χ1) is 15.6. The molecule has 4 heteroatoms. The Labute approximate surface area is 184 Å². The SMILES string of the molecule is Cc1ccc2c(oc3c(-c4ccc5ccccc5c4)c(F)ccc32)c1-c1cncc[n+]1C. The monoisotopic (exact) mass is 419 g/mol. The summed E-state index contributed by atoms with van der Waals surface area (Å²) in [5.41, 5.74) is 5.60. The van der Waals surface area contributed by atoms with Crippen molar-refractivity contribution in [1.29, 1.82) is 0 Å². The van der Waals surface area contributed by atoms with Gasteiger partial charge in [0.05, 0.1) is 23.5 Å². The van der Waals surface area contributed by atoms with Gasteiger partial charge in [-0.3, -0.25) is 4.98 Å². The molecule has 0 aliphatic rings. The first-order valence-corrected chi connectivity index (χ1v) is 10.6. The maximum atomic E-state index is 15.2. The summed E-state index contributed by atoms with van der Waals surface area (Å²) >= 11 is 0. The summed E-state index contributed by atoms with van der Waals surface area (Å²) in [4.78, 5) is 4.31. The van der Waals surface area contributed by atoms with E-state index in [0.717, 1.165) is 49.5 Å². The molecule has 0 bridgehead atoms. The zero-order chi connectivity index (χ0) is 21.8. The fourth-order valence-corrected chi connectivity index (χ4v) is 4.57. The van der Waals surface area contributed by atoms with Crippen LogP contribution in [0.5, 0.6) is 0 Å². The minimum absolute atomic E-state index is 0.294. The molecule has 0 saturated heterocycles. The Morgan fingerprint density at radius 2 is 1.59 bits per heavy atom. The van der Waals surface area contributed by atoms with Gasteiger partial charge in [-0.05, 0) is 47.0 Å². The molecular formula is C28H20FN2O+. The van der Waals surface area contributed by atoms with E-state index in [9.17, 15) is 0 Å². The zero-order valence-electron chi connectivity index (χ0n) is 17.8. The van der Waals surface area contributed by atoms with Crippen molar-refractivity contribution in [3.63, 3.8) is 0 Å².